The first kappa shape index (κ1) is 20.3. The molecule has 1 aliphatic heterocycles. The Hall–Kier alpha value is -2.44. The summed E-state index contributed by atoms with van der Waals surface area (Å²) in [5.41, 5.74) is 3.20. The van der Waals surface area contributed by atoms with Crippen molar-refractivity contribution in [1.29, 1.82) is 0 Å². The predicted molar refractivity (Wildman–Crippen MR) is 108 cm³/mol. The first-order valence-electron chi connectivity index (χ1n) is 9.93. The number of amides is 1. The minimum atomic E-state index is -0.318. The van der Waals surface area contributed by atoms with E-state index in [-0.39, 0.29) is 11.7 Å². The molecule has 0 aliphatic carbocycles. The van der Waals surface area contributed by atoms with Crippen molar-refractivity contribution in [3.8, 4) is 5.75 Å². The highest BCUT2D eigenvalue weighted by molar-refractivity contribution is 5.92. The van der Waals surface area contributed by atoms with Crippen molar-refractivity contribution in [1.82, 2.24) is 0 Å². The zero-order valence-corrected chi connectivity index (χ0v) is 16.7. The largest absolute Gasteiger partial charge is 0.485 e. The van der Waals surface area contributed by atoms with Gasteiger partial charge in [0.05, 0.1) is 0 Å². The maximum absolute atomic E-state index is 13.6. The normalized spacial score (nSPS) is 19.2. The van der Waals surface area contributed by atoms with Crippen LogP contribution in [0.3, 0.4) is 0 Å². The van der Waals surface area contributed by atoms with E-state index >= 15 is 0 Å². The lowest BCUT2D eigenvalue weighted by atomic mass is 10.1. The number of hydrogen-bond donors (Lipinski definition) is 3. The van der Waals surface area contributed by atoms with Crippen LogP contribution in [0.5, 0.6) is 5.75 Å². The molecule has 0 bridgehead atoms. The fourth-order valence-electron chi connectivity index (χ4n) is 3.56. The summed E-state index contributed by atoms with van der Waals surface area (Å²) in [5.74, 6) is 0.0610. The first-order valence-corrected chi connectivity index (χ1v) is 9.93. The predicted octanol–water partition coefficient (Wildman–Crippen LogP) is 0.243. The Bertz CT molecular complexity index is 804. The van der Waals surface area contributed by atoms with Crippen molar-refractivity contribution in [3.05, 3.63) is 59.4 Å². The zero-order valence-electron chi connectivity index (χ0n) is 16.7. The Morgan fingerprint density at radius 3 is 2.50 bits per heavy atom. The summed E-state index contributed by atoms with van der Waals surface area (Å²) in [6.07, 6.45) is 0. The molecule has 2 aromatic carbocycles. The summed E-state index contributed by atoms with van der Waals surface area (Å²) < 4.78 is 19.1. The van der Waals surface area contributed by atoms with Crippen molar-refractivity contribution < 1.29 is 23.7 Å². The van der Waals surface area contributed by atoms with Crippen molar-refractivity contribution in [3.63, 3.8) is 0 Å². The summed E-state index contributed by atoms with van der Waals surface area (Å²) in [6.45, 7) is 9.81. The van der Waals surface area contributed by atoms with Gasteiger partial charge in [0, 0.05) is 5.69 Å². The third kappa shape index (κ3) is 5.53. The van der Waals surface area contributed by atoms with E-state index in [2.05, 4.69) is 5.32 Å². The number of rotatable bonds is 7. The van der Waals surface area contributed by atoms with Crippen LogP contribution < -0.4 is 19.9 Å². The van der Waals surface area contributed by atoms with Gasteiger partial charge in [-0.3, -0.25) is 4.79 Å². The maximum atomic E-state index is 13.6. The van der Waals surface area contributed by atoms with E-state index in [1.807, 2.05) is 32.0 Å². The minimum absolute atomic E-state index is 0.0648. The van der Waals surface area contributed by atoms with Gasteiger partial charge in [-0.2, -0.15) is 0 Å². The number of piperazine rings is 1. The first-order chi connectivity index (χ1) is 13.5. The Labute approximate surface area is 166 Å². The van der Waals surface area contributed by atoms with E-state index in [0.29, 0.717) is 18.9 Å². The second-order valence-electron chi connectivity index (χ2n) is 7.50. The molecule has 28 heavy (non-hydrogen) atoms. The van der Waals surface area contributed by atoms with E-state index in [0.717, 1.165) is 44.0 Å². The van der Waals surface area contributed by atoms with E-state index in [4.69, 9.17) is 4.74 Å². The highest BCUT2D eigenvalue weighted by Crippen LogP contribution is 2.17. The number of aryl methyl sites for hydroxylation is 1. The van der Waals surface area contributed by atoms with Gasteiger partial charge in [-0.05, 0) is 43.2 Å². The highest BCUT2D eigenvalue weighted by atomic mass is 19.1. The van der Waals surface area contributed by atoms with E-state index in [1.165, 1.54) is 21.4 Å². The lowest BCUT2D eigenvalue weighted by Gasteiger charge is -2.29. The summed E-state index contributed by atoms with van der Waals surface area (Å²) >= 11 is 0. The van der Waals surface area contributed by atoms with Crippen molar-refractivity contribution in [2.45, 2.75) is 13.8 Å². The molecule has 6 heteroatoms. The zero-order chi connectivity index (χ0) is 19.9. The molecule has 0 aromatic heterocycles. The summed E-state index contributed by atoms with van der Waals surface area (Å²) in [6, 6.07) is 12.5. The van der Waals surface area contributed by atoms with Gasteiger partial charge >= 0.3 is 0 Å². The second-order valence-corrected chi connectivity index (χ2v) is 7.50. The molecule has 1 heterocycles. The molecule has 0 unspecified atom stereocenters. The molecule has 0 saturated carbocycles. The quantitative estimate of drug-likeness (QED) is 0.638. The van der Waals surface area contributed by atoms with Gasteiger partial charge in [0.25, 0.3) is 5.91 Å². The van der Waals surface area contributed by atoms with Gasteiger partial charge in [-0.1, -0.05) is 24.3 Å². The number of hydrogen-bond acceptors (Lipinski definition) is 2. The topological polar surface area (TPSA) is 47.2 Å². The Balaban J connectivity index is 1.37. The number of benzene rings is 2. The Kier molecular flexibility index (Phi) is 7.01. The van der Waals surface area contributed by atoms with Gasteiger partial charge in [0.1, 0.15) is 39.3 Å². The molecule has 1 amide bonds. The molecule has 1 aliphatic rings. The molecular formula is C22H30FN3O2+2. The minimum Gasteiger partial charge on any atom is -0.485 e. The van der Waals surface area contributed by atoms with Crippen LogP contribution in [0, 0.1) is 19.7 Å². The molecule has 150 valence electrons. The number of carbonyl (C=O) groups excluding carboxylic acids is 1. The Morgan fingerprint density at radius 1 is 1.04 bits per heavy atom. The SMILES string of the molecule is Cc1cccc(NC(=O)C[NH+]2CC[NH+](CCOc3ccccc3F)CC2)c1C. The summed E-state index contributed by atoms with van der Waals surface area (Å²) in [4.78, 5) is 15.1. The average Bonchev–Trinajstić information content (AvgIpc) is 2.68. The molecule has 0 spiro atoms. The molecule has 5 nitrogen and oxygen atoms in total. The monoisotopic (exact) mass is 387 g/mol. The van der Waals surface area contributed by atoms with Crippen LogP contribution in [0.4, 0.5) is 10.1 Å². The third-order valence-electron chi connectivity index (χ3n) is 5.50. The molecule has 1 saturated heterocycles. The number of anilines is 1. The summed E-state index contributed by atoms with van der Waals surface area (Å²) in [5, 5.41) is 3.05. The number of ether oxygens (including phenoxy) is 1. The average molecular weight is 387 g/mol. The highest BCUT2D eigenvalue weighted by Gasteiger charge is 2.25. The fraction of sp³-hybridized carbons (Fsp3) is 0.409. The van der Waals surface area contributed by atoms with Crippen LogP contribution in [-0.4, -0.2) is 51.8 Å². The molecule has 0 atom stereocenters. The molecule has 1 fully saturated rings. The number of nitrogens with one attached hydrogen (secondary N) is 3. The summed E-state index contributed by atoms with van der Waals surface area (Å²) in [7, 11) is 0. The van der Waals surface area contributed by atoms with Crippen LogP contribution in [0.25, 0.3) is 0 Å². The number of para-hydroxylation sites is 1. The van der Waals surface area contributed by atoms with Crippen LogP contribution in [-0.2, 0) is 4.79 Å². The molecule has 2 aromatic rings. The van der Waals surface area contributed by atoms with Crippen molar-refractivity contribution in [2.75, 3.05) is 51.2 Å². The molecule has 3 rings (SSSR count). The van der Waals surface area contributed by atoms with Crippen LogP contribution >= 0.6 is 0 Å². The second kappa shape index (κ2) is 9.66. The van der Waals surface area contributed by atoms with Gasteiger partial charge in [-0.15, -0.1) is 0 Å². The van der Waals surface area contributed by atoms with Crippen molar-refractivity contribution in [2.24, 2.45) is 0 Å². The van der Waals surface area contributed by atoms with Gasteiger partial charge in [-0.25, -0.2) is 4.39 Å². The standard InChI is InChI=1S/C22H28FN3O2/c1-17-6-5-8-20(18(17)2)24-22(27)16-26-12-10-25(11-13-26)14-15-28-21-9-4-3-7-19(21)23/h3-9H,10-16H2,1-2H3,(H,24,27)/p+2. The van der Waals surface area contributed by atoms with Crippen LogP contribution in [0.1, 0.15) is 11.1 Å². The van der Waals surface area contributed by atoms with Gasteiger partial charge in [0.15, 0.2) is 18.1 Å². The maximum Gasteiger partial charge on any atom is 0.279 e. The molecular weight excluding hydrogens is 357 g/mol. The fourth-order valence-corrected chi connectivity index (χ4v) is 3.56. The van der Waals surface area contributed by atoms with Gasteiger partial charge in [0.2, 0.25) is 0 Å². The number of halogens is 1. The number of carbonyl (C=O) groups is 1. The Morgan fingerprint density at radius 2 is 1.75 bits per heavy atom. The van der Waals surface area contributed by atoms with Crippen LogP contribution in [0.2, 0.25) is 0 Å². The van der Waals surface area contributed by atoms with E-state index < -0.39 is 0 Å². The van der Waals surface area contributed by atoms with E-state index in [9.17, 15) is 9.18 Å². The van der Waals surface area contributed by atoms with Crippen LogP contribution in [0.15, 0.2) is 42.5 Å². The molecule has 0 radical (unpaired) electrons. The van der Waals surface area contributed by atoms with Crippen molar-refractivity contribution >= 4 is 11.6 Å². The molecule has 3 N–H and O–H groups in total. The smallest absolute Gasteiger partial charge is 0.279 e. The number of quaternary nitrogens is 2. The third-order valence-corrected chi connectivity index (χ3v) is 5.50. The lowest BCUT2D eigenvalue weighted by molar-refractivity contribution is -1.01. The van der Waals surface area contributed by atoms with E-state index in [1.54, 1.807) is 18.2 Å². The van der Waals surface area contributed by atoms with Gasteiger partial charge < -0.3 is 19.9 Å². The lowest BCUT2D eigenvalue weighted by Crippen LogP contribution is -3.28.